The van der Waals surface area contributed by atoms with Crippen LogP contribution in [0.5, 0.6) is 11.5 Å². The van der Waals surface area contributed by atoms with Gasteiger partial charge in [-0.1, -0.05) is 6.07 Å². The molecule has 0 aliphatic carbocycles. The molecular weight excluding hydrogens is 258 g/mol. The van der Waals surface area contributed by atoms with Crippen molar-refractivity contribution < 1.29 is 14.6 Å². The maximum absolute atomic E-state index is 10.2. The van der Waals surface area contributed by atoms with E-state index in [1.165, 1.54) is 0 Å². The lowest BCUT2D eigenvalue weighted by Gasteiger charge is -2.20. The summed E-state index contributed by atoms with van der Waals surface area (Å²) >= 11 is 0. The van der Waals surface area contributed by atoms with Gasteiger partial charge in [0.25, 0.3) is 0 Å². The molecule has 1 aromatic heterocycles. The molecule has 0 bridgehead atoms. The van der Waals surface area contributed by atoms with Crippen LogP contribution < -0.4 is 14.8 Å². The first-order chi connectivity index (χ1) is 9.72. The molecule has 20 heavy (non-hydrogen) atoms. The van der Waals surface area contributed by atoms with Gasteiger partial charge in [-0.3, -0.25) is 4.68 Å². The number of nitrogens with zero attached hydrogens (tertiary/aromatic N) is 2. The fourth-order valence-corrected chi connectivity index (χ4v) is 2.11. The lowest BCUT2D eigenvalue weighted by molar-refractivity contribution is 0.167. The Kier molecular flexibility index (Phi) is 3.47. The van der Waals surface area contributed by atoms with Crippen molar-refractivity contribution in [1.29, 1.82) is 0 Å². The Morgan fingerprint density at radius 3 is 2.90 bits per heavy atom. The van der Waals surface area contributed by atoms with E-state index < -0.39 is 6.10 Å². The minimum absolute atomic E-state index is 0.408. The summed E-state index contributed by atoms with van der Waals surface area (Å²) in [6.45, 7) is 1.52. The zero-order valence-corrected chi connectivity index (χ0v) is 11.2. The first-order valence-corrected chi connectivity index (χ1v) is 6.52. The van der Waals surface area contributed by atoms with Gasteiger partial charge in [0.1, 0.15) is 13.2 Å². The van der Waals surface area contributed by atoms with Gasteiger partial charge in [0.05, 0.1) is 18.0 Å². The van der Waals surface area contributed by atoms with Crippen LogP contribution in [0.2, 0.25) is 0 Å². The van der Waals surface area contributed by atoms with Gasteiger partial charge in [0.2, 0.25) is 0 Å². The molecule has 0 saturated heterocycles. The molecule has 1 aliphatic heterocycles. The first-order valence-electron chi connectivity index (χ1n) is 6.52. The van der Waals surface area contributed by atoms with Gasteiger partial charge >= 0.3 is 0 Å². The minimum Gasteiger partial charge on any atom is -0.486 e. The topological polar surface area (TPSA) is 68.5 Å². The van der Waals surface area contributed by atoms with E-state index in [9.17, 15) is 5.11 Å². The third-order valence-electron chi connectivity index (χ3n) is 3.16. The third kappa shape index (κ3) is 2.70. The van der Waals surface area contributed by atoms with Crippen molar-refractivity contribution in [2.45, 2.75) is 6.10 Å². The molecular formula is C14H17N3O3. The number of hydrogen-bond acceptors (Lipinski definition) is 5. The Hall–Kier alpha value is -2.21. The van der Waals surface area contributed by atoms with Gasteiger partial charge in [-0.15, -0.1) is 0 Å². The Morgan fingerprint density at radius 1 is 1.35 bits per heavy atom. The monoisotopic (exact) mass is 275 g/mol. The molecule has 0 spiro atoms. The number of ether oxygens (including phenoxy) is 2. The molecule has 2 heterocycles. The summed E-state index contributed by atoms with van der Waals surface area (Å²) in [7, 11) is 1.85. The maximum atomic E-state index is 10.2. The van der Waals surface area contributed by atoms with Crippen molar-refractivity contribution in [3.8, 4) is 11.5 Å². The molecule has 6 nitrogen and oxygen atoms in total. The summed E-state index contributed by atoms with van der Waals surface area (Å²) in [6, 6.07) is 5.50. The van der Waals surface area contributed by atoms with Gasteiger partial charge in [-0.25, -0.2) is 0 Å². The standard InChI is InChI=1S/C14H17N3O3/c1-17-9-11(7-16-17)15-8-12(18)10-2-3-13-14(6-10)20-5-4-19-13/h2-3,6-7,9,12,15,18H,4-5,8H2,1H3. The van der Waals surface area contributed by atoms with E-state index in [1.54, 1.807) is 10.9 Å². The van der Waals surface area contributed by atoms with Crippen molar-refractivity contribution in [1.82, 2.24) is 9.78 Å². The third-order valence-corrected chi connectivity index (χ3v) is 3.16. The highest BCUT2D eigenvalue weighted by Gasteiger charge is 2.15. The highest BCUT2D eigenvalue weighted by atomic mass is 16.6. The van der Waals surface area contributed by atoms with Gasteiger partial charge in [-0.05, 0) is 17.7 Å². The smallest absolute Gasteiger partial charge is 0.161 e. The van der Waals surface area contributed by atoms with E-state index in [2.05, 4.69) is 10.4 Å². The van der Waals surface area contributed by atoms with E-state index in [-0.39, 0.29) is 0 Å². The summed E-state index contributed by atoms with van der Waals surface area (Å²) in [5.41, 5.74) is 1.68. The normalized spacial score (nSPS) is 14.9. The quantitative estimate of drug-likeness (QED) is 0.881. The number of anilines is 1. The number of rotatable bonds is 4. The highest BCUT2D eigenvalue weighted by Crippen LogP contribution is 2.32. The molecule has 1 aliphatic rings. The molecule has 0 radical (unpaired) electrons. The largest absolute Gasteiger partial charge is 0.486 e. The van der Waals surface area contributed by atoms with Crippen molar-refractivity contribution in [3.05, 3.63) is 36.2 Å². The Bertz CT molecular complexity index is 597. The second-order valence-electron chi connectivity index (χ2n) is 4.70. The summed E-state index contributed by atoms with van der Waals surface area (Å²) in [6.07, 6.45) is 2.96. The summed E-state index contributed by atoms with van der Waals surface area (Å²) < 4.78 is 12.7. The van der Waals surface area contributed by atoms with Crippen molar-refractivity contribution in [3.63, 3.8) is 0 Å². The zero-order chi connectivity index (χ0) is 13.9. The minimum atomic E-state index is -0.619. The fraction of sp³-hybridized carbons (Fsp3) is 0.357. The van der Waals surface area contributed by atoms with Crippen LogP contribution in [-0.2, 0) is 7.05 Å². The number of benzene rings is 1. The average Bonchev–Trinajstić information content (AvgIpc) is 2.90. The molecule has 1 atom stereocenters. The molecule has 2 aromatic rings. The predicted molar refractivity (Wildman–Crippen MR) is 74.1 cm³/mol. The molecule has 0 saturated carbocycles. The summed E-state index contributed by atoms with van der Waals surface area (Å²) in [4.78, 5) is 0. The van der Waals surface area contributed by atoms with Gasteiger partial charge in [0.15, 0.2) is 11.5 Å². The van der Waals surface area contributed by atoms with Crippen LogP contribution in [0.1, 0.15) is 11.7 Å². The van der Waals surface area contributed by atoms with Crippen LogP contribution in [0.15, 0.2) is 30.6 Å². The van der Waals surface area contributed by atoms with E-state index in [4.69, 9.17) is 9.47 Å². The van der Waals surface area contributed by atoms with E-state index in [0.29, 0.717) is 25.5 Å². The van der Waals surface area contributed by atoms with Gasteiger partial charge < -0.3 is 19.9 Å². The lowest BCUT2D eigenvalue weighted by atomic mass is 10.1. The zero-order valence-electron chi connectivity index (χ0n) is 11.2. The van der Waals surface area contributed by atoms with E-state index in [1.807, 2.05) is 31.4 Å². The number of nitrogens with one attached hydrogen (secondary N) is 1. The summed E-state index contributed by atoms with van der Waals surface area (Å²) in [5, 5.41) is 17.4. The number of aryl methyl sites for hydroxylation is 1. The van der Waals surface area contributed by atoms with Crippen LogP contribution in [-0.4, -0.2) is 34.6 Å². The molecule has 1 aromatic carbocycles. The molecule has 3 rings (SSSR count). The van der Waals surface area contributed by atoms with Gasteiger partial charge in [0, 0.05) is 19.8 Å². The second kappa shape index (κ2) is 5.42. The SMILES string of the molecule is Cn1cc(NCC(O)c2ccc3c(c2)OCCO3)cn1. The maximum Gasteiger partial charge on any atom is 0.161 e. The van der Waals surface area contributed by atoms with Crippen molar-refractivity contribution >= 4 is 5.69 Å². The van der Waals surface area contributed by atoms with E-state index in [0.717, 1.165) is 17.0 Å². The molecule has 2 N–H and O–H groups in total. The Balaban J connectivity index is 1.66. The number of aromatic nitrogens is 2. The number of aliphatic hydroxyl groups excluding tert-OH is 1. The number of fused-ring (bicyclic) bond motifs is 1. The summed E-state index contributed by atoms with van der Waals surface area (Å²) in [5.74, 6) is 1.42. The fourth-order valence-electron chi connectivity index (χ4n) is 2.11. The number of hydrogen-bond donors (Lipinski definition) is 2. The van der Waals surface area contributed by atoms with Crippen LogP contribution in [0.25, 0.3) is 0 Å². The first kappa shape index (κ1) is 12.8. The Labute approximate surface area is 116 Å². The molecule has 6 heteroatoms. The average molecular weight is 275 g/mol. The number of aliphatic hydroxyl groups is 1. The second-order valence-corrected chi connectivity index (χ2v) is 4.70. The van der Waals surface area contributed by atoms with Crippen LogP contribution in [0, 0.1) is 0 Å². The lowest BCUT2D eigenvalue weighted by Crippen LogP contribution is -2.16. The Morgan fingerprint density at radius 2 is 2.15 bits per heavy atom. The predicted octanol–water partition coefficient (Wildman–Crippen LogP) is 1.34. The molecule has 0 amide bonds. The van der Waals surface area contributed by atoms with Crippen LogP contribution in [0.4, 0.5) is 5.69 Å². The van der Waals surface area contributed by atoms with E-state index >= 15 is 0 Å². The highest BCUT2D eigenvalue weighted by molar-refractivity contribution is 5.45. The molecule has 0 fully saturated rings. The van der Waals surface area contributed by atoms with Crippen LogP contribution in [0.3, 0.4) is 0 Å². The van der Waals surface area contributed by atoms with Crippen molar-refractivity contribution in [2.75, 3.05) is 25.1 Å². The van der Waals surface area contributed by atoms with Crippen LogP contribution >= 0.6 is 0 Å². The molecule has 1 unspecified atom stereocenters. The van der Waals surface area contributed by atoms with Crippen molar-refractivity contribution in [2.24, 2.45) is 7.05 Å². The van der Waals surface area contributed by atoms with Gasteiger partial charge in [-0.2, -0.15) is 5.10 Å². The molecule has 106 valence electrons.